The number of rotatable bonds is 2. The molecule has 0 bridgehead atoms. The van der Waals surface area contributed by atoms with E-state index in [9.17, 15) is 9.59 Å². The SMILES string of the molecule is Cn1[nH]c(=O)c(=O)nc1Sc1nc(Cl)nc(Cl)n1. The zero-order chi connectivity index (χ0) is 13.3. The molecule has 0 atom stereocenters. The van der Waals surface area contributed by atoms with Crippen molar-refractivity contribution >= 4 is 35.0 Å². The largest absolute Gasteiger partial charge is 0.339 e. The van der Waals surface area contributed by atoms with Gasteiger partial charge in [0.25, 0.3) is 0 Å². The average molecular weight is 307 g/mol. The van der Waals surface area contributed by atoms with Gasteiger partial charge in [-0.3, -0.25) is 19.4 Å². The van der Waals surface area contributed by atoms with Crippen LogP contribution in [0, 0.1) is 0 Å². The summed E-state index contributed by atoms with van der Waals surface area (Å²) in [5, 5.41) is 2.48. The third-order valence-electron chi connectivity index (χ3n) is 1.69. The molecule has 0 fully saturated rings. The van der Waals surface area contributed by atoms with E-state index in [1.807, 2.05) is 0 Å². The standard InChI is InChI=1S/C7H4Cl2N6O2S/c1-15-7(10-2(16)3(17)14-15)18-6-12-4(8)11-5(9)13-6/h1H3,(H,14,17). The minimum Gasteiger partial charge on any atom is -0.265 e. The highest BCUT2D eigenvalue weighted by Crippen LogP contribution is 2.22. The second-order valence-electron chi connectivity index (χ2n) is 2.96. The van der Waals surface area contributed by atoms with Crippen molar-refractivity contribution in [1.29, 1.82) is 0 Å². The van der Waals surface area contributed by atoms with Gasteiger partial charge in [0.1, 0.15) is 0 Å². The van der Waals surface area contributed by atoms with E-state index in [1.54, 1.807) is 0 Å². The summed E-state index contributed by atoms with van der Waals surface area (Å²) in [7, 11) is 1.51. The lowest BCUT2D eigenvalue weighted by Crippen LogP contribution is -2.33. The molecule has 0 unspecified atom stereocenters. The van der Waals surface area contributed by atoms with Crippen molar-refractivity contribution in [2.75, 3.05) is 0 Å². The maximum Gasteiger partial charge on any atom is 0.339 e. The Labute approximate surface area is 113 Å². The first-order valence-electron chi connectivity index (χ1n) is 4.38. The first-order chi connectivity index (χ1) is 8.45. The predicted octanol–water partition coefficient (Wildman–Crippen LogP) is 0.112. The molecule has 0 saturated heterocycles. The first-order valence-corrected chi connectivity index (χ1v) is 5.95. The van der Waals surface area contributed by atoms with Crippen LogP contribution in [0.4, 0.5) is 0 Å². The zero-order valence-corrected chi connectivity index (χ0v) is 11.0. The van der Waals surface area contributed by atoms with Crippen LogP contribution in [-0.4, -0.2) is 29.7 Å². The van der Waals surface area contributed by atoms with E-state index < -0.39 is 11.1 Å². The molecule has 0 aromatic carbocycles. The third kappa shape index (κ3) is 2.86. The normalized spacial score (nSPS) is 10.6. The molecular weight excluding hydrogens is 303 g/mol. The average Bonchev–Trinajstić information content (AvgIpc) is 2.24. The van der Waals surface area contributed by atoms with E-state index in [0.717, 1.165) is 11.8 Å². The Bertz CT molecular complexity index is 694. The Morgan fingerprint density at radius 3 is 2.33 bits per heavy atom. The molecule has 2 aromatic rings. The first kappa shape index (κ1) is 13.0. The Hall–Kier alpha value is -1.45. The highest BCUT2D eigenvalue weighted by Gasteiger charge is 2.10. The second-order valence-corrected chi connectivity index (χ2v) is 4.57. The van der Waals surface area contributed by atoms with Crippen molar-refractivity contribution in [1.82, 2.24) is 29.7 Å². The van der Waals surface area contributed by atoms with E-state index in [-0.39, 0.29) is 20.9 Å². The van der Waals surface area contributed by atoms with Crippen molar-refractivity contribution in [2.45, 2.75) is 10.3 Å². The van der Waals surface area contributed by atoms with E-state index in [4.69, 9.17) is 23.2 Å². The number of nitrogens with zero attached hydrogens (tertiary/aromatic N) is 5. The fraction of sp³-hybridized carbons (Fsp3) is 0.143. The van der Waals surface area contributed by atoms with Crippen LogP contribution < -0.4 is 11.1 Å². The van der Waals surface area contributed by atoms with E-state index in [1.165, 1.54) is 11.7 Å². The van der Waals surface area contributed by atoms with Crippen LogP contribution in [0.3, 0.4) is 0 Å². The Balaban J connectivity index is 2.43. The number of H-pyrrole nitrogens is 1. The molecule has 8 nitrogen and oxygen atoms in total. The van der Waals surface area contributed by atoms with Crippen LogP contribution in [0.15, 0.2) is 19.9 Å². The molecule has 0 radical (unpaired) electrons. The maximum absolute atomic E-state index is 11.1. The van der Waals surface area contributed by atoms with E-state index in [2.05, 4.69) is 25.0 Å². The number of aromatic amines is 1. The van der Waals surface area contributed by atoms with Crippen LogP contribution in [0.1, 0.15) is 0 Å². The summed E-state index contributed by atoms with van der Waals surface area (Å²) < 4.78 is 1.26. The molecule has 0 aliphatic carbocycles. The lowest BCUT2D eigenvalue weighted by atomic mass is 10.8. The van der Waals surface area contributed by atoms with Gasteiger partial charge in [0, 0.05) is 7.05 Å². The van der Waals surface area contributed by atoms with Gasteiger partial charge in [0.2, 0.25) is 15.7 Å². The molecule has 0 saturated carbocycles. The van der Waals surface area contributed by atoms with Gasteiger partial charge >= 0.3 is 11.1 Å². The fourth-order valence-corrected chi connectivity index (χ4v) is 2.19. The molecule has 0 aliphatic rings. The van der Waals surface area contributed by atoms with Crippen LogP contribution >= 0.6 is 35.0 Å². The molecule has 2 rings (SSSR count). The topological polar surface area (TPSA) is 106 Å². The summed E-state index contributed by atoms with van der Waals surface area (Å²) in [5.41, 5.74) is -1.71. The van der Waals surface area contributed by atoms with Crippen molar-refractivity contribution in [3.05, 3.63) is 31.3 Å². The molecule has 2 heterocycles. The van der Waals surface area contributed by atoms with E-state index >= 15 is 0 Å². The molecular formula is C7H4Cl2N6O2S. The number of nitrogens with one attached hydrogen (secondary N) is 1. The highest BCUT2D eigenvalue weighted by molar-refractivity contribution is 7.99. The van der Waals surface area contributed by atoms with Gasteiger partial charge < -0.3 is 0 Å². The van der Waals surface area contributed by atoms with Crippen LogP contribution in [-0.2, 0) is 7.05 Å². The smallest absolute Gasteiger partial charge is 0.265 e. The van der Waals surface area contributed by atoms with Gasteiger partial charge in [0.05, 0.1) is 0 Å². The number of aromatic nitrogens is 6. The predicted molar refractivity (Wildman–Crippen MR) is 64.1 cm³/mol. The van der Waals surface area contributed by atoms with Gasteiger partial charge in [-0.15, -0.1) is 0 Å². The summed E-state index contributed by atoms with van der Waals surface area (Å²) in [6, 6.07) is 0. The quantitative estimate of drug-likeness (QED) is 0.785. The Morgan fingerprint density at radius 2 is 1.72 bits per heavy atom. The molecule has 0 spiro atoms. The zero-order valence-electron chi connectivity index (χ0n) is 8.72. The minimum absolute atomic E-state index is 0.0769. The molecule has 11 heteroatoms. The minimum atomic E-state index is -0.901. The van der Waals surface area contributed by atoms with Gasteiger partial charge in [-0.05, 0) is 35.0 Å². The lowest BCUT2D eigenvalue weighted by Gasteiger charge is -2.04. The Kier molecular flexibility index (Phi) is 3.64. The molecule has 0 amide bonds. The molecule has 1 N–H and O–H groups in total. The number of hydrogen-bond acceptors (Lipinski definition) is 7. The lowest BCUT2D eigenvalue weighted by molar-refractivity contribution is 0.595. The fourth-order valence-electron chi connectivity index (χ4n) is 0.988. The summed E-state index contributed by atoms with van der Waals surface area (Å²) in [5.74, 6) is 0. The van der Waals surface area contributed by atoms with Crippen molar-refractivity contribution in [3.63, 3.8) is 0 Å². The molecule has 18 heavy (non-hydrogen) atoms. The van der Waals surface area contributed by atoms with Gasteiger partial charge in [-0.1, -0.05) is 0 Å². The number of hydrogen-bond donors (Lipinski definition) is 1. The molecule has 2 aromatic heterocycles. The van der Waals surface area contributed by atoms with Crippen molar-refractivity contribution in [2.24, 2.45) is 7.05 Å². The van der Waals surface area contributed by atoms with Gasteiger partial charge in [-0.2, -0.15) is 19.9 Å². The van der Waals surface area contributed by atoms with Crippen LogP contribution in [0.25, 0.3) is 0 Å². The number of aryl methyl sites for hydroxylation is 1. The second kappa shape index (κ2) is 5.04. The van der Waals surface area contributed by atoms with Crippen LogP contribution in [0.2, 0.25) is 10.6 Å². The Morgan fingerprint density at radius 1 is 1.11 bits per heavy atom. The van der Waals surface area contributed by atoms with E-state index in [0.29, 0.717) is 0 Å². The van der Waals surface area contributed by atoms with Crippen LogP contribution in [0.5, 0.6) is 0 Å². The summed E-state index contributed by atoms with van der Waals surface area (Å²) in [6.07, 6.45) is 0. The third-order valence-corrected chi connectivity index (χ3v) is 2.94. The van der Waals surface area contributed by atoms with Crippen molar-refractivity contribution in [3.8, 4) is 0 Å². The van der Waals surface area contributed by atoms with Gasteiger partial charge in [-0.25, -0.2) is 0 Å². The molecule has 0 aliphatic heterocycles. The highest BCUT2D eigenvalue weighted by atomic mass is 35.5. The number of halogens is 2. The molecule has 94 valence electrons. The monoisotopic (exact) mass is 306 g/mol. The van der Waals surface area contributed by atoms with Crippen molar-refractivity contribution < 1.29 is 0 Å². The van der Waals surface area contributed by atoms with Gasteiger partial charge in [0.15, 0.2) is 5.16 Å². The maximum atomic E-state index is 11.1. The summed E-state index contributed by atoms with van der Waals surface area (Å²) >= 11 is 12.1. The summed E-state index contributed by atoms with van der Waals surface area (Å²) in [6.45, 7) is 0. The summed E-state index contributed by atoms with van der Waals surface area (Å²) in [4.78, 5) is 36.9.